The predicted molar refractivity (Wildman–Crippen MR) is 64.5 cm³/mol. The fraction of sp³-hybridized carbons (Fsp3) is 0.273. The summed E-state index contributed by atoms with van der Waals surface area (Å²) < 4.78 is 1.79. The van der Waals surface area contributed by atoms with Crippen LogP contribution in [0.3, 0.4) is 0 Å². The highest BCUT2D eigenvalue weighted by atomic mass is 15.3. The van der Waals surface area contributed by atoms with E-state index in [9.17, 15) is 0 Å². The van der Waals surface area contributed by atoms with Crippen molar-refractivity contribution in [1.29, 1.82) is 0 Å². The van der Waals surface area contributed by atoms with Crippen LogP contribution >= 0.6 is 0 Å². The van der Waals surface area contributed by atoms with Crippen LogP contribution in [0, 0.1) is 0 Å². The van der Waals surface area contributed by atoms with Crippen LogP contribution in [-0.2, 0) is 13.5 Å². The summed E-state index contributed by atoms with van der Waals surface area (Å²) in [5.41, 5.74) is 8.57. The first-order chi connectivity index (χ1) is 7.70. The van der Waals surface area contributed by atoms with Crippen molar-refractivity contribution in [3.8, 4) is 0 Å². The molecule has 0 fully saturated rings. The Kier molecular flexibility index (Phi) is 2.76. The molecule has 5 heteroatoms. The highest BCUT2D eigenvalue weighted by Crippen LogP contribution is 2.23. The number of aryl methyl sites for hydroxylation is 2. The van der Waals surface area contributed by atoms with Crippen LogP contribution in [0.5, 0.6) is 0 Å². The first kappa shape index (κ1) is 10.5. The van der Waals surface area contributed by atoms with E-state index in [1.807, 2.05) is 25.4 Å². The largest absolute Gasteiger partial charge is 0.382 e. The smallest absolute Gasteiger partial charge is 0.147 e. The Labute approximate surface area is 94.3 Å². The molecule has 0 aliphatic rings. The average Bonchev–Trinajstić information content (AvgIpc) is 2.62. The van der Waals surface area contributed by atoms with Gasteiger partial charge in [0.2, 0.25) is 0 Å². The van der Waals surface area contributed by atoms with Crippen molar-refractivity contribution in [3.05, 3.63) is 30.2 Å². The lowest BCUT2D eigenvalue weighted by Gasteiger charge is -2.06. The summed E-state index contributed by atoms with van der Waals surface area (Å²) in [5, 5.41) is 7.59. The van der Waals surface area contributed by atoms with Crippen LogP contribution in [0.25, 0.3) is 0 Å². The monoisotopic (exact) mass is 217 g/mol. The number of nitrogens with two attached hydrogens (primary N) is 1. The van der Waals surface area contributed by atoms with Crippen LogP contribution in [0.4, 0.5) is 17.2 Å². The zero-order valence-electron chi connectivity index (χ0n) is 9.44. The third kappa shape index (κ3) is 1.98. The van der Waals surface area contributed by atoms with Gasteiger partial charge in [-0.25, -0.2) is 4.98 Å². The highest BCUT2D eigenvalue weighted by molar-refractivity contribution is 5.70. The van der Waals surface area contributed by atoms with Crippen molar-refractivity contribution in [3.63, 3.8) is 0 Å². The van der Waals surface area contributed by atoms with Crippen LogP contribution in [0.1, 0.15) is 12.6 Å². The van der Waals surface area contributed by atoms with Crippen LogP contribution in [0.2, 0.25) is 0 Å². The summed E-state index contributed by atoms with van der Waals surface area (Å²) in [6, 6.07) is 3.75. The molecule has 2 aromatic heterocycles. The first-order valence-electron chi connectivity index (χ1n) is 5.20. The lowest BCUT2D eigenvalue weighted by molar-refractivity contribution is 0.746. The van der Waals surface area contributed by atoms with Crippen LogP contribution in [-0.4, -0.2) is 14.8 Å². The topological polar surface area (TPSA) is 68.8 Å². The quantitative estimate of drug-likeness (QED) is 0.821. The van der Waals surface area contributed by atoms with E-state index in [2.05, 4.69) is 22.3 Å². The number of aromatic nitrogens is 3. The fourth-order valence-electron chi connectivity index (χ4n) is 1.57. The maximum absolute atomic E-state index is 5.77. The van der Waals surface area contributed by atoms with Gasteiger partial charge in [0.05, 0.1) is 17.1 Å². The molecule has 0 amide bonds. The zero-order chi connectivity index (χ0) is 11.5. The standard InChI is InChI=1S/C11H15N5/c1-3-8-10(7-16(2)15-8)14-9-5-4-6-13-11(9)12/h4-7,14H,3H2,1-2H3,(H2,12,13). The molecule has 84 valence electrons. The maximum atomic E-state index is 5.77. The van der Waals surface area contributed by atoms with Crippen molar-refractivity contribution in [2.24, 2.45) is 7.05 Å². The molecule has 0 spiro atoms. The summed E-state index contributed by atoms with van der Waals surface area (Å²) in [6.45, 7) is 2.07. The number of nitrogens with one attached hydrogen (secondary N) is 1. The number of anilines is 3. The molecule has 2 aromatic rings. The second-order valence-corrected chi connectivity index (χ2v) is 3.58. The van der Waals surface area contributed by atoms with E-state index >= 15 is 0 Å². The molecular formula is C11H15N5. The predicted octanol–water partition coefficient (Wildman–Crippen LogP) is 1.70. The van der Waals surface area contributed by atoms with Gasteiger partial charge in [-0.1, -0.05) is 6.92 Å². The maximum Gasteiger partial charge on any atom is 0.147 e. The highest BCUT2D eigenvalue weighted by Gasteiger charge is 2.07. The SMILES string of the molecule is CCc1nn(C)cc1Nc1cccnc1N. The lowest BCUT2D eigenvalue weighted by atomic mass is 10.3. The third-order valence-corrected chi connectivity index (χ3v) is 2.35. The molecule has 0 atom stereocenters. The molecule has 0 radical (unpaired) electrons. The minimum absolute atomic E-state index is 0.494. The molecule has 0 bridgehead atoms. The van der Waals surface area contributed by atoms with Crippen molar-refractivity contribution in [2.45, 2.75) is 13.3 Å². The van der Waals surface area contributed by atoms with E-state index in [1.54, 1.807) is 10.9 Å². The van der Waals surface area contributed by atoms with Gasteiger partial charge in [-0.05, 0) is 18.6 Å². The Morgan fingerprint density at radius 3 is 2.94 bits per heavy atom. The minimum Gasteiger partial charge on any atom is -0.382 e. The summed E-state index contributed by atoms with van der Waals surface area (Å²) in [7, 11) is 1.90. The summed E-state index contributed by atoms with van der Waals surface area (Å²) in [6.07, 6.45) is 4.49. The molecule has 0 saturated heterocycles. The van der Waals surface area contributed by atoms with E-state index in [-0.39, 0.29) is 0 Å². The zero-order valence-corrected chi connectivity index (χ0v) is 9.44. The molecule has 0 aliphatic heterocycles. The van der Waals surface area contributed by atoms with E-state index in [1.165, 1.54) is 0 Å². The Morgan fingerprint density at radius 2 is 2.25 bits per heavy atom. The number of hydrogen-bond donors (Lipinski definition) is 2. The van der Waals surface area contributed by atoms with Gasteiger partial charge in [-0.3, -0.25) is 4.68 Å². The normalized spacial score (nSPS) is 10.4. The van der Waals surface area contributed by atoms with Crippen molar-refractivity contribution < 1.29 is 0 Å². The minimum atomic E-state index is 0.494. The van der Waals surface area contributed by atoms with Gasteiger partial charge in [-0.2, -0.15) is 5.10 Å². The molecule has 5 nitrogen and oxygen atoms in total. The Morgan fingerprint density at radius 1 is 1.44 bits per heavy atom. The van der Waals surface area contributed by atoms with E-state index in [4.69, 9.17) is 5.73 Å². The number of pyridine rings is 1. The van der Waals surface area contributed by atoms with Crippen LogP contribution in [0.15, 0.2) is 24.5 Å². The fourth-order valence-corrected chi connectivity index (χ4v) is 1.57. The van der Waals surface area contributed by atoms with Gasteiger partial charge in [0, 0.05) is 19.4 Å². The van der Waals surface area contributed by atoms with E-state index in [0.717, 1.165) is 23.5 Å². The second-order valence-electron chi connectivity index (χ2n) is 3.58. The molecular weight excluding hydrogens is 202 g/mol. The van der Waals surface area contributed by atoms with Gasteiger partial charge < -0.3 is 11.1 Å². The Balaban J connectivity index is 2.30. The Hall–Kier alpha value is -2.04. The van der Waals surface area contributed by atoms with Gasteiger partial charge in [-0.15, -0.1) is 0 Å². The van der Waals surface area contributed by atoms with Crippen LogP contribution < -0.4 is 11.1 Å². The third-order valence-electron chi connectivity index (χ3n) is 2.35. The second kappa shape index (κ2) is 4.22. The Bertz CT molecular complexity index is 489. The number of hydrogen-bond acceptors (Lipinski definition) is 4. The first-order valence-corrected chi connectivity index (χ1v) is 5.20. The van der Waals surface area contributed by atoms with Crippen molar-refractivity contribution in [1.82, 2.24) is 14.8 Å². The summed E-state index contributed by atoms with van der Waals surface area (Å²) >= 11 is 0. The summed E-state index contributed by atoms with van der Waals surface area (Å²) in [4.78, 5) is 4.03. The summed E-state index contributed by atoms with van der Waals surface area (Å²) in [5.74, 6) is 0.494. The molecule has 0 aliphatic carbocycles. The molecule has 0 saturated carbocycles. The van der Waals surface area contributed by atoms with Gasteiger partial charge in [0.15, 0.2) is 0 Å². The molecule has 0 aromatic carbocycles. The molecule has 16 heavy (non-hydrogen) atoms. The van der Waals surface area contributed by atoms with Crippen molar-refractivity contribution >= 4 is 17.2 Å². The lowest BCUT2D eigenvalue weighted by Crippen LogP contribution is -1.99. The number of rotatable bonds is 3. The number of nitrogen functional groups attached to an aromatic ring is 1. The van der Waals surface area contributed by atoms with E-state index < -0.39 is 0 Å². The van der Waals surface area contributed by atoms with E-state index in [0.29, 0.717) is 5.82 Å². The van der Waals surface area contributed by atoms with Crippen molar-refractivity contribution in [2.75, 3.05) is 11.1 Å². The molecule has 2 rings (SSSR count). The average molecular weight is 217 g/mol. The van der Waals surface area contributed by atoms with Gasteiger partial charge >= 0.3 is 0 Å². The molecule has 3 N–H and O–H groups in total. The molecule has 0 unspecified atom stereocenters. The number of nitrogens with zero attached hydrogens (tertiary/aromatic N) is 3. The molecule has 2 heterocycles. The van der Waals surface area contributed by atoms with Gasteiger partial charge in [0.25, 0.3) is 0 Å². The van der Waals surface area contributed by atoms with Gasteiger partial charge in [0.1, 0.15) is 5.82 Å².